The van der Waals surface area contributed by atoms with Crippen LogP contribution in [0.25, 0.3) is 10.8 Å². The molecule has 1 heterocycles. The van der Waals surface area contributed by atoms with Crippen LogP contribution in [0.1, 0.15) is 21.5 Å². The van der Waals surface area contributed by atoms with E-state index in [9.17, 15) is 4.79 Å². The third-order valence-corrected chi connectivity index (χ3v) is 3.76. The summed E-state index contributed by atoms with van der Waals surface area (Å²) in [4.78, 5) is 16.8. The van der Waals surface area contributed by atoms with Crippen LogP contribution in [0.5, 0.6) is 0 Å². The molecular formula is C17H12ClNO. The number of halogens is 1. The summed E-state index contributed by atoms with van der Waals surface area (Å²) in [7, 11) is 0. The number of carbonyl (C=O) groups excluding carboxylic acids is 1. The number of hydrogen-bond acceptors (Lipinski definition) is 2. The zero-order valence-electron chi connectivity index (χ0n) is 10.9. The van der Waals surface area contributed by atoms with Gasteiger partial charge in [-0.2, -0.15) is 0 Å². The molecule has 1 aromatic heterocycles. The lowest BCUT2D eigenvalue weighted by atomic mass is 9.98. The summed E-state index contributed by atoms with van der Waals surface area (Å²) < 4.78 is 0. The minimum atomic E-state index is -0.0333. The summed E-state index contributed by atoms with van der Waals surface area (Å²) in [5.74, 6) is -0.0333. The maximum Gasteiger partial charge on any atom is 0.195 e. The highest BCUT2D eigenvalue weighted by molar-refractivity contribution is 6.31. The molecule has 2 nitrogen and oxygen atoms in total. The van der Waals surface area contributed by atoms with Gasteiger partial charge in [0.15, 0.2) is 5.78 Å². The lowest BCUT2D eigenvalue weighted by Crippen LogP contribution is -2.03. The second kappa shape index (κ2) is 5.06. The van der Waals surface area contributed by atoms with Crippen LogP contribution in [0.2, 0.25) is 5.02 Å². The van der Waals surface area contributed by atoms with E-state index < -0.39 is 0 Å². The first-order chi connectivity index (χ1) is 9.66. The Morgan fingerprint density at radius 3 is 2.70 bits per heavy atom. The number of aromatic nitrogens is 1. The molecule has 20 heavy (non-hydrogen) atoms. The second-order valence-electron chi connectivity index (χ2n) is 4.70. The van der Waals surface area contributed by atoms with E-state index in [4.69, 9.17) is 11.6 Å². The van der Waals surface area contributed by atoms with Gasteiger partial charge < -0.3 is 0 Å². The third-order valence-electron chi connectivity index (χ3n) is 3.33. The van der Waals surface area contributed by atoms with E-state index in [1.165, 1.54) is 0 Å². The van der Waals surface area contributed by atoms with Crippen LogP contribution in [-0.4, -0.2) is 10.8 Å². The number of hydrogen-bond donors (Lipinski definition) is 0. The largest absolute Gasteiger partial charge is 0.289 e. The van der Waals surface area contributed by atoms with Gasteiger partial charge in [0, 0.05) is 33.9 Å². The third kappa shape index (κ3) is 2.19. The van der Waals surface area contributed by atoms with Crippen LogP contribution >= 0.6 is 11.6 Å². The van der Waals surface area contributed by atoms with E-state index in [1.807, 2.05) is 37.3 Å². The molecule has 0 bridgehead atoms. The molecule has 3 aromatic rings. The monoisotopic (exact) mass is 281 g/mol. The molecular weight excluding hydrogens is 270 g/mol. The Morgan fingerprint density at radius 2 is 1.90 bits per heavy atom. The highest BCUT2D eigenvalue weighted by Crippen LogP contribution is 2.22. The molecule has 0 saturated heterocycles. The number of aryl methyl sites for hydroxylation is 1. The number of carbonyl (C=O) groups is 1. The Hall–Kier alpha value is -2.19. The second-order valence-corrected chi connectivity index (χ2v) is 5.11. The summed E-state index contributed by atoms with van der Waals surface area (Å²) in [6.07, 6.45) is 3.38. The van der Waals surface area contributed by atoms with Gasteiger partial charge >= 0.3 is 0 Å². The fraction of sp³-hybridized carbons (Fsp3) is 0.0588. The van der Waals surface area contributed by atoms with Crippen molar-refractivity contribution >= 4 is 28.2 Å². The van der Waals surface area contributed by atoms with Crippen LogP contribution in [0, 0.1) is 6.92 Å². The van der Waals surface area contributed by atoms with Crippen molar-refractivity contribution in [3.63, 3.8) is 0 Å². The predicted octanol–water partition coefficient (Wildman–Crippen LogP) is 4.43. The first-order valence-electron chi connectivity index (χ1n) is 6.30. The summed E-state index contributed by atoms with van der Waals surface area (Å²) in [6.45, 7) is 1.89. The van der Waals surface area contributed by atoms with Gasteiger partial charge in [0.1, 0.15) is 0 Å². The van der Waals surface area contributed by atoms with E-state index in [1.54, 1.807) is 24.5 Å². The first-order valence-corrected chi connectivity index (χ1v) is 6.68. The summed E-state index contributed by atoms with van der Waals surface area (Å²) in [5.41, 5.74) is 2.14. The van der Waals surface area contributed by atoms with Crippen molar-refractivity contribution < 1.29 is 4.79 Å². The van der Waals surface area contributed by atoms with Crippen LogP contribution in [-0.2, 0) is 0 Å². The molecule has 0 radical (unpaired) electrons. The molecule has 0 N–H and O–H groups in total. The minimum absolute atomic E-state index is 0.0333. The molecule has 0 amide bonds. The van der Waals surface area contributed by atoms with Crippen LogP contribution in [0.15, 0.2) is 54.9 Å². The molecule has 0 aliphatic carbocycles. The summed E-state index contributed by atoms with van der Waals surface area (Å²) in [6, 6.07) is 13.1. The Kier molecular flexibility index (Phi) is 3.25. The Bertz CT molecular complexity index is 806. The van der Waals surface area contributed by atoms with Crippen molar-refractivity contribution in [3.8, 4) is 0 Å². The van der Waals surface area contributed by atoms with Gasteiger partial charge in [-0.15, -0.1) is 0 Å². The molecule has 0 unspecified atom stereocenters. The Balaban J connectivity index is 2.15. The van der Waals surface area contributed by atoms with E-state index in [-0.39, 0.29) is 5.78 Å². The molecule has 0 spiro atoms. The molecule has 3 rings (SSSR count). The summed E-state index contributed by atoms with van der Waals surface area (Å²) in [5, 5.41) is 2.54. The SMILES string of the molecule is Cc1cc(C(=O)c2cncc3ccccc23)ccc1Cl. The highest BCUT2D eigenvalue weighted by Gasteiger charge is 2.13. The fourth-order valence-corrected chi connectivity index (χ4v) is 2.36. The summed E-state index contributed by atoms with van der Waals surface area (Å²) >= 11 is 6.00. The molecule has 0 saturated carbocycles. The van der Waals surface area contributed by atoms with E-state index >= 15 is 0 Å². The number of nitrogens with zero attached hydrogens (tertiary/aromatic N) is 1. The molecule has 98 valence electrons. The first kappa shape index (κ1) is 12.8. The van der Waals surface area contributed by atoms with Crippen molar-refractivity contribution in [1.82, 2.24) is 4.98 Å². The quantitative estimate of drug-likeness (QED) is 0.651. The van der Waals surface area contributed by atoms with Gasteiger partial charge in [0.25, 0.3) is 0 Å². The van der Waals surface area contributed by atoms with Crippen molar-refractivity contribution in [2.45, 2.75) is 6.92 Å². The van der Waals surface area contributed by atoms with Crippen molar-refractivity contribution in [1.29, 1.82) is 0 Å². The number of fused-ring (bicyclic) bond motifs is 1. The molecule has 0 aliphatic rings. The van der Waals surface area contributed by atoms with E-state index in [0.29, 0.717) is 16.1 Å². The molecule has 0 aliphatic heterocycles. The van der Waals surface area contributed by atoms with Crippen LogP contribution in [0.4, 0.5) is 0 Å². The van der Waals surface area contributed by atoms with E-state index in [0.717, 1.165) is 16.3 Å². The maximum absolute atomic E-state index is 12.6. The van der Waals surface area contributed by atoms with Gasteiger partial charge in [-0.05, 0) is 36.1 Å². The van der Waals surface area contributed by atoms with Gasteiger partial charge in [0.05, 0.1) is 0 Å². The lowest BCUT2D eigenvalue weighted by Gasteiger charge is -2.06. The number of rotatable bonds is 2. The van der Waals surface area contributed by atoms with Gasteiger partial charge in [-0.25, -0.2) is 0 Å². The molecule has 2 aromatic carbocycles. The average molecular weight is 282 g/mol. The smallest absolute Gasteiger partial charge is 0.195 e. The number of ketones is 1. The maximum atomic E-state index is 12.6. The van der Waals surface area contributed by atoms with Crippen molar-refractivity contribution in [3.05, 3.63) is 76.6 Å². The Labute approximate surface area is 122 Å². The van der Waals surface area contributed by atoms with Crippen molar-refractivity contribution in [2.24, 2.45) is 0 Å². The molecule has 0 fully saturated rings. The highest BCUT2D eigenvalue weighted by atomic mass is 35.5. The van der Waals surface area contributed by atoms with Gasteiger partial charge in [-0.1, -0.05) is 35.9 Å². The standard InChI is InChI=1S/C17H12ClNO/c1-11-8-12(6-7-16(11)18)17(20)15-10-19-9-13-4-2-3-5-14(13)15/h2-10H,1H3. The molecule has 0 atom stereocenters. The van der Waals surface area contributed by atoms with Crippen LogP contribution < -0.4 is 0 Å². The molecule has 3 heteroatoms. The van der Waals surface area contributed by atoms with Crippen LogP contribution in [0.3, 0.4) is 0 Å². The lowest BCUT2D eigenvalue weighted by molar-refractivity contribution is 0.104. The number of pyridine rings is 1. The minimum Gasteiger partial charge on any atom is -0.289 e. The normalized spacial score (nSPS) is 10.7. The Morgan fingerprint density at radius 1 is 1.10 bits per heavy atom. The fourth-order valence-electron chi connectivity index (χ4n) is 2.24. The van der Waals surface area contributed by atoms with Gasteiger partial charge in [0.2, 0.25) is 0 Å². The number of benzene rings is 2. The van der Waals surface area contributed by atoms with Gasteiger partial charge in [-0.3, -0.25) is 9.78 Å². The average Bonchev–Trinajstić information content (AvgIpc) is 2.49. The predicted molar refractivity (Wildman–Crippen MR) is 81.4 cm³/mol. The zero-order chi connectivity index (χ0) is 14.1. The zero-order valence-corrected chi connectivity index (χ0v) is 11.7. The van der Waals surface area contributed by atoms with E-state index in [2.05, 4.69) is 4.98 Å². The topological polar surface area (TPSA) is 30.0 Å². The van der Waals surface area contributed by atoms with Crippen molar-refractivity contribution in [2.75, 3.05) is 0 Å².